The van der Waals surface area contributed by atoms with Crippen molar-refractivity contribution < 1.29 is 39.9 Å². The van der Waals surface area contributed by atoms with E-state index in [4.69, 9.17) is 0 Å². The van der Waals surface area contributed by atoms with Gasteiger partial charge in [0.25, 0.3) is 0 Å². The van der Waals surface area contributed by atoms with Crippen LogP contribution in [0.2, 0.25) is 0 Å². The SMILES string of the molecule is O=C(c1cc(C(F)(F)F)cc(F)c1CBr)c1cc(C(F)(F)F)cc(F)c1CBr. The standard InChI is InChI=1S/C17H8Br2F8O/c18-5-11-9(1-7(3-13(11)20)16(22,23)24)15(28)10-2-8(17(25,26)27)4-14(21)12(10)6-19/h1-4H,5-6H2. The minimum absolute atomic E-state index is 0.172. The Kier molecular flexibility index (Phi) is 6.59. The Hall–Kier alpha value is -1.49. The molecule has 0 heterocycles. The maximum absolute atomic E-state index is 14.1. The number of alkyl halides is 8. The molecular formula is C17H8Br2F8O. The fraction of sp³-hybridized carbons (Fsp3) is 0.235. The van der Waals surface area contributed by atoms with Crippen molar-refractivity contribution in [1.29, 1.82) is 0 Å². The van der Waals surface area contributed by atoms with Crippen molar-refractivity contribution in [3.8, 4) is 0 Å². The van der Waals surface area contributed by atoms with Gasteiger partial charge in [-0.3, -0.25) is 4.79 Å². The molecule has 0 saturated heterocycles. The normalized spacial score (nSPS) is 12.4. The lowest BCUT2D eigenvalue weighted by Gasteiger charge is -2.16. The number of carbonyl (C=O) groups is 1. The van der Waals surface area contributed by atoms with Gasteiger partial charge in [0, 0.05) is 32.9 Å². The third-order valence-electron chi connectivity index (χ3n) is 3.80. The summed E-state index contributed by atoms with van der Waals surface area (Å²) in [6.45, 7) is 0. The first-order chi connectivity index (χ1) is 12.8. The Labute approximate surface area is 170 Å². The third-order valence-corrected chi connectivity index (χ3v) is 4.92. The van der Waals surface area contributed by atoms with Crippen LogP contribution in [0.4, 0.5) is 35.1 Å². The van der Waals surface area contributed by atoms with E-state index in [2.05, 4.69) is 31.9 Å². The Morgan fingerprint density at radius 2 is 1.04 bits per heavy atom. The molecule has 11 heteroatoms. The van der Waals surface area contributed by atoms with Crippen molar-refractivity contribution in [3.05, 3.63) is 69.3 Å². The molecule has 0 radical (unpaired) electrons. The number of hydrogen-bond acceptors (Lipinski definition) is 1. The lowest BCUT2D eigenvalue weighted by molar-refractivity contribution is -0.138. The second kappa shape index (κ2) is 8.10. The van der Waals surface area contributed by atoms with Gasteiger partial charge in [0.05, 0.1) is 11.1 Å². The van der Waals surface area contributed by atoms with Crippen molar-refractivity contribution in [2.24, 2.45) is 0 Å². The summed E-state index contributed by atoms with van der Waals surface area (Å²) in [5, 5.41) is -0.772. The smallest absolute Gasteiger partial charge is 0.289 e. The van der Waals surface area contributed by atoms with Crippen molar-refractivity contribution in [2.45, 2.75) is 23.0 Å². The van der Waals surface area contributed by atoms with Gasteiger partial charge >= 0.3 is 12.4 Å². The van der Waals surface area contributed by atoms with Gasteiger partial charge in [-0.15, -0.1) is 0 Å². The van der Waals surface area contributed by atoms with Gasteiger partial charge in [-0.05, 0) is 24.3 Å². The topological polar surface area (TPSA) is 17.1 Å². The van der Waals surface area contributed by atoms with E-state index in [9.17, 15) is 39.9 Å². The minimum atomic E-state index is -5.00. The highest BCUT2D eigenvalue weighted by Crippen LogP contribution is 2.36. The fourth-order valence-corrected chi connectivity index (χ4v) is 3.56. The third kappa shape index (κ3) is 4.56. The van der Waals surface area contributed by atoms with Crippen molar-refractivity contribution in [1.82, 2.24) is 0 Å². The summed E-state index contributed by atoms with van der Waals surface area (Å²) in [7, 11) is 0. The monoisotopic (exact) mass is 538 g/mol. The molecule has 0 spiro atoms. The minimum Gasteiger partial charge on any atom is -0.289 e. The largest absolute Gasteiger partial charge is 0.416 e. The van der Waals surface area contributed by atoms with Crippen molar-refractivity contribution in [2.75, 3.05) is 0 Å². The molecule has 0 saturated carbocycles. The number of benzene rings is 2. The molecule has 0 aliphatic carbocycles. The average Bonchev–Trinajstić information content (AvgIpc) is 2.58. The number of hydrogen-bond donors (Lipinski definition) is 0. The van der Waals surface area contributed by atoms with Crippen LogP contribution in [0.25, 0.3) is 0 Å². The lowest BCUT2D eigenvalue weighted by Crippen LogP contribution is -2.16. The summed E-state index contributed by atoms with van der Waals surface area (Å²) in [6.07, 6.45) is -10.0. The highest BCUT2D eigenvalue weighted by molar-refractivity contribution is 9.08. The van der Waals surface area contributed by atoms with Gasteiger partial charge in [0.15, 0.2) is 5.78 Å². The van der Waals surface area contributed by atoms with Crippen molar-refractivity contribution in [3.63, 3.8) is 0 Å². The molecule has 0 aromatic heterocycles. The molecule has 1 nitrogen and oxygen atoms in total. The first-order valence-electron chi connectivity index (χ1n) is 7.27. The molecule has 152 valence electrons. The van der Waals surface area contributed by atoms with Gasteiger partial charge in [-0.2, -0.15) is 26.3 Å². The number of halogens is 10. The van der Waals surface area contributed by atoms with E-state index in [-0.39, 0.29) is 22.8 Å². The Morgan fingerprint density at radius 1 is 0.714 bits per heavy atom. The molecule has 0 aliphatic rings. The van der Waals surface area contributed by atoms with Crippen LogP contribution in [0.5, 0.6) is 0 Å². The van der Waals surface area contributed by atoms with Gasteiger partial charge in [-0.1, -0.05) is 31.9 Å². The van der Waals surface area contributed by atoms with Gasteiger partial charge in [0.2, 0.25) is 0 Å². The van der Waals surface area contributed by atoms with Crippen LogP contribution in [-0.4, -0.2) is 5.78 Å². The Balaban J connectivity index is 2.79. The van der Waals surface area contributed by atoms with E-state index in [1.165, 1.54) is 0 Å². The molecule has 0 atom stereocenters. The van der Waals surface area contributed by atoms with Crippen LogP contribution in [-0.2, 0) is 23.0 Å². The van der Waals surface area contributed by atoms with Gasteiger partial charge < -0.3 is 0 Å². The Bertz CT molecular complexity index is 845. The van der Waals surface area contributed by atoms with Crippen LogP contribution in [0.1, 0.15) is 38.2 Å². The second-order valence-electron chi connectivity index (χ2n) is 5.56. The van der Waals surface area contributed by atoms with E-state index in [0.717, 1.165) is 0 Å². The number of rotatable bonds is 4. The first-order valence-corrected chi connectivity index (χ1v) is 9.51. The van der Waals surface area contributed by atoms with E-state index in [0.29, 0.717) is 12.1 Å². The summed E-state index contributed by atoms with van der Waals surface area (Å²) in [4.78, 5) is 12.8. The van der Waals surface area contributed by atoms with Gasteiger partial charge in [-0.25, -0.2) is 8.78 Å². The Morgan fingerprint density at radius 3 is 1.29 bits per heavy atom. The summed E-state index contributed by atoms with van der Waals surface area (Å²) in [5.41, 5.74) is -5.60. The van der Waals surface area contributed by atoms with E-state index >= 15 is 0 Å². The molecule has 0 unspecified atom stereocenters. The van der Waals surface area contributed by atoms with E-state index in [1.54, 1.807) is 0 Å². The summed E-state index contributed by atoms with van der Waals surface area (Å²) in [6, 6.07) is 1.01. The zero-order valence-electron chi connectivity index (χ0n) is 13.4. The predicted molar refractivity (Wildman–Crippen MR) is 91.5 cm³/mol. The van der Waals surface area contributed by atoms with Crippen LogP contribution in [0.15, 0.2) is 24.3 Å². The number of carbonyl (C=O) groups excluding carboxylic acids is 1. The first kappa shape index (κ1) is 22.8. The molecular weight excluding hydrogens is 532 g/mol. The molecule has 0 N–H and O–H groups in total. The second-order valence-corrected chi connectivity index (χ2v) is 6.68. The molecule has 0 bridgehead atoms. The fourth-order valence-electron chi connectivity index (χ4n) is 2.42. The molecule has 0 aliphatic heterocycles. The zero-order valence-corrected chi connectivity index (χ0v) is 16.6. The molecule has 28 heavy (non-hydrogen) atoms. The summed E-state index contributed by atoms with van der Waals surface area (Å²) >= 11 is 5.67. The quantitative estimate of drug-likeness (QED) is 0.232. The van der Waals surface area contributed by atoms with Crippen LogP contribution in [0.3, 0.4) is 0 Å². The molecule has 0 fully saturated rings. The zero-order chi connectivity index (χ0) is 21.4. The molecule has 2 aromatic carbocycles. The highest BCUT2D eigenvalue weighted by atomic mass is 79.9. The van der Waals surface area contributed by atoms with Crippen molar-refractivity contribution >= 4 is 37.6 Å². The van der Waals surface area contributed by atoms with E-state index < -0.39 is 63.2 Å². The summed E-state index contributed by atoms with van der Waals surface area (Å²) < 4.78 is 106. The van der Waals surface area contributed by atoms with Crippen LogP contribution < -0.4 is 0 Å². The molecule has 0 amide bonds. The summed E-state index contributed by atoms with van der Waals surface area (Å²) in [5.74, 6) is -4.11. The van der Waals surface area contributed by atoms with Crippen LogP contribution in [0, 0.1) is 11.6 Å². The highest BCUT2D eigenvalue weighted by Gasteiger charge is 2.36. The predicted octanol–water partition coefficient (Wildman–Crippen LogP) is 7.02. The average molecular weight is 540 g/mol. The molecule has 2 aromatic rings. The lowest BCUT2D eigenvalue weighted by atomic mass is 9.92. The number of ketones is 1. The maximum Gasteiger partial charge on any atom is 0.416 e. The molecule has 2 rings (SSSR count). The maximum atomic E-state index is 14.1. The van der Waals surface area contributed by atoms with E-state index in [1.807, 2.05) is 0 Å². The van der Waals surface area contributed by atoms with Crippen LogP contribution >= 0.6 is 31.9 Å². The van der Waals surface area contributed by atoms with Gasteiger partial charge in [0.1, 0.15) is 11.6 Å².